The zero-order chi connectivity index (χ0) is 5.86. The average Bonchev–Trinajstić information content (AvgIpc) is 1.65. The monoisotopic (exact) mass is 106 g/mol. The number of hydrogen-bond acceptors (Lipinski definition) is 0. The third-order valence-corrected chi connectivity index (χ3v) is 3.15. The molecule has 0 aliphatic rings. The van der Waals surface area contributed by atoms with Crippen LogP contribution in [-0.2, 0) is 0 Å². The molecule has 7 heavy (non-hydrogen) atoms. The molecule has 0 rings (SSSR count). The van der Waals surface area contributed by atoms with Crippen LogP contribution in [0.15, 0.2) is 9.44 Å². The molecule has 0 unspecified atom stereocenters. The molecule has 0 saturated carbocycles. The summed E-state index contributed by atoms with van der Waals surface area (Å²) in [7, 11) is 0.171. The van der Waals surface area contributed by atoms with Crippen LogP contribution in [0, 0.1) is 0 Å². The van der Waals surface area contributed by atoms with Gasteiger partial charge in [0, 0.05) is 0 Å². The van der Waals surface area contributed by atoms with Crippen LogP contribution in [0.1, 0.15) is 13.8 Å². The molecule has 0 spiro atoms. The van der Waals surface area contributed by atoms with Gasteiger partial charge in [0.25, 0.3) is 0 Å². The number of rotatable bonds is 1. The van der Waals surface area contributed by atoms with Crippen LogP contribution in [0.25, 0.3) is 0 Å². The predicted octanol–water partition coefficient (Wildman–Crippen LogP) is 0.623. The van der Waals surface area contributed by atoms with Gasteiger partial charge >= 0.3 is 57.1 Å². The van der Waals surface area contributed by atoms with Crippen LogP contribution in [-0.4, -0.2) is 27.2 Å². The van der Waals surface area contributed by atoms with Crippen molar-refractivity contribution in [1.29, 1.82) is 0 Å². The second-order valence-corrected chi connectivity index (χ2v) is 3.90. The van der Waals surface area contributed by atoms with Crippen molar-refractivity contribution in [2.75, 3.05) is 0 Å². The van der Waals surface area contributed by atoms with Crippen LogP contribution in [0.5, 0.6) is 0 Å². The van der Waals surface area contributed by atoms with E-state index < -0.39 is 0 Å². The van der Waals surface area contributed by atoms with Gasteiger partial charge in [0.15, 0.2) is 0 Å². The second-order valence-electron chi connectivity index (χ2n) is 2.13. The molecule has 0 N–H and O–H groups in total. The van der Waals surface area contributed by atoms with E-state index in [1.807, 2.05) is 0 Å². The number of hydrogen-bond donors (Lipinski definition) is 0. The molecule has 0 aliphatic heterocycles. The Balaban J connectivity index is 3.72. The van der Waals surface area contributed by atoms with Gasteiger partial charge in [-0.05, 0) is 0 Å². The van der Waals surface area contributed by atoms with Gasteiger partial charge in [0.2, 0.25) is 0 Å². The fourth-order valence-electron chi connectivity index (χ4n) is 0.354. The normalized spacial score (nSPS) is 15.6. The van der Waals surface area contributed by atoms with Crippen LogP contribution < -0.4 is 0 Å². The van der Waals surface area contributed by atoms with Crippen molar-refractivity contribution in [3.05, 3.63) is 9.44 Å². The average molecular weight is 106 g/mol. The molecule has 0 bridgehead atoms. The van der Waals surface area contributed by atoms with Gasteiger partial charge in [0.05, 0.1) is 0 Å². The first kappa shape index (κ1) is 7.55. The van der Waals surface area contributed by atoms with Crippen molar-refractivity contribution in [1.82, 2.24) is 0 Å². The molecule has 0 aliphatic carbocycles. The van der Waals surface area contributed by atoms with E-state index in [1.54, 1.807) is 5.20 Å². The fourth-order valence-corrected chi connectivity index (χ4v) is 1.06. The van der Waals surface area contributed by atoms with Gasteiger partial charge in [0.1, 0.15) is 0 Å². The molecular weight excluding hydrogens is 95.1 g/mol. The van der Waals surface area contributed by atoms with E-state index in [9.17, 15) is 0 Å². The van der Waals surface area contributed by atoms with Crippen molar-refractivity contribution in [3.63, 3.8) is 0 Å². The van der Waals surface area contributed by atoms with Gasteiger partial charge in [-0.2, -0.15) is 0 Å². The maximum absolute atomic E-state index is 2.32. The van der Waals surface area contributed by atoms with Gasteiger partial charge in [-0.1, -0.05) is 0 Å². The Morgan fingerprint density at radius 3 is 1.86 bits per heavy atom. The first-order valence-electron chi connectivity index (χ1n) is 2.81. The Labute approximate surface area is 57.4 Å². The summed E-state index contributed by atoms with van der Waals surface area (Å²) in [6, 6.07) is 0. The molecule has 0 amide bonds. The topological polar surface area (TPSA) is 0 Å². The summed E-state index contributed by atoms with van der Waals surface area (Å²) in [5.74, 6) is 0. The minimum absolute atomic E-state index is 0.171. The summed E-state index contributed by atoms with van der Waals surface area (Å²) < 4.78 is 1.52. The van der Waals surface area contributed by atoms with Crippen molar-refractivity contribution < 1.29 is 0 Å². The molecule has 0 heterocycles. The summed E-state index contributed by atoms with van der Waals surface area (Å²) in [5.41, 5.74) is 0. The van der Waals surface area contributed by atoms with Crippen LogP contribution in [0.4, 0.5) is 0 Å². The maximum atomic E-state index is 2.32. The van der Waals surface area contributed by atoms with Crippen LogP contribution in [0.3, 0.4) is 0 Å². The standard InChI is InChI=1S/C5H11Si.Li/c1-4-5(2)6-3;/h6H2,1-3H3;. The SMILES string of the molecule is [Li][C](C)=C(C)[SiH2]C. The molecule has 2 heteroatoms. The molecule has 0 saturated heterocycles. The molecule has 0 nitrogen and oxygen atoms in total. The molecular formula is C5H11LiSi. The minimum atomic E-state index is 0.171. The van der Waals surface area contributed by atoms with E-state index in [-0.39, 0.29) is 9.52 Å². The first-order valence-corrected chi connectivity index (χ1v) is 4.93. The van der Waals surface area contributed by atoms with E-state index >= 15 is 0 Å². The molecule has 0 fully saturated rings. The molecule has 0 aromatic heterocycles. The summed E-state index contributed by atoms with van der Waals surface area (Å²) in [6.45, 7) is 6.75. The van der Waals surface area contributed by atoms with Crippen molar-refractivity contribution in [3.8, 4) is 0 Å². The molecule has 0 radical (unpaired) electrons. The summed E-state index contributed by atoms with van der Waals surface area (Å²) in [5, 5.41) is 1.65. The van der Waals surface area contributed by atoms with Gasteiger partial charge in [-0.3, -0.25) is 0 Å². The molecule has 36 valence electrons. The van der Waals surface area contributed by atoms with E-state index in [0.29, 0.717) is 0 Å². The summed E-state index contributed by atoms with van der Waals surface area (Å²) in [4.78, 5) is 0. The van der Waals surface area contributed by atoms with Crippen molar-refractivity contribution in [2.24, 2.45) is 0 Å². The zero-order valence-electron chi connectivity index (χ0n) is 5.71. The molecule has 0 atom stereocenters. The summed E-state index contributed by atoms with van der Waals surface area (Å²) in [6.07, 6.45) is 0. The number of allylic oxidation sites excluding steroid dienone is 2. The van der Waals surface area contributed by atoms with E-state index in [2.05, 4.69) is 38.1 Å². The van der Waals surface area contributed by atoms with Crippen molar-refractivity contribution >= 4 is 27.2 Å². The molecule has 0 aromatic carbocycles. The zero-order valence-corrected chi connectivity index (χ0v) is 7.12. The van der Waals surface area contributed by atoms with E-state index in [4.69, 9.17) is 0 Å². The van der Waals surface area contributed by atoms with Crippen LogP contribution in [0.2, 0.25) is 6.55 Å². The van der Waals surface area contributed by atoms with E-state index in [1.165, 1.54) is 4.25 Å². The van der Waals surface area contributed by atoms with Gasteiger partial charge in [-0.25, -0.2) is 0 Å². The Morgan fingerprint density at radius 2 is 1.86 bits per heavy atom. The Hall–Kier alpha value is 0.554. The second kappa shape index (κ2) is 3.54. The quantitative estimate of drug-likeness (QED) is 0.430. The third-order valence-electron chi connectivity index (χ3n) is 1.38. The fraction of sp³-hybridized carbons (Fsp3) is 0.600. The first-order chi connectivity index (χ1) is 3.18. The Bertz CT molecular complexity index is 82.1. The predicted molar refractivity (Wildman–Crippen MR) is 38.5 cm³/mol. The van der Waals surface area contributed by atoms with Crippen LogP contribution >= 0.6 is 0 Å². The molecule has 0 aromatic rings. The third kappa shape index (κ3) is 3.16. The van der Waals surface area contributed by atoms with Gasteiger partial charge in [-0.15, -0.1) is 0 Å². The van der Waals surface area contributed by atoms with E-state index in [0.717, 1.165) is 0 Å². The van der Waals surface area contributed by atoms with Gasteiger partial charge < -0.3 is 0 Å². The van der Waals surface area contributed by atoms with Crippen molar-refractivity contribution in [2.45, 2.75) is 20.4 Å². The summed E-state index contributed by atoms with van der Waals surface area (Å²) >= 11 is 2.19. The Kier molecular flexibility index (Phi) is 3.82. The Morgan fingerprint density at radius 1 is 1.43 bits per heavy atom.